The molecule has 2 heterocycles. The second kappa shape index (κ2) is 0.768. The first-order valence-electron chi connectivity index (χ1n) is 2.20. The largest absolute Gasteiger partial charge is 0.376 e. The van der Waals surface area contributed by atoms with Gasteiger partial charge in [-0.2, -0.15) is 0 Å². The molecule has 2 aliphatic heterocycles. The van der Waals surface area contributed by atoms with Gasteiger partial charge in [0.15, 0.2) is 0 Å². The lowest BCUT2D eigenvalue weighted by molar-refractivity contribution is 0.100. The van der Waals surface area contributed by atoms with E-state index >= 15 is 0 Å². The average molecular weight is 86.1 g/mol. The second-order valence-corrected chi connectivity index (χ2v) is 1.75. The quantitative estimate of drug-likeness (QED) is 0.380. The predicted molar refractivity (Wildman–Crippen MR) is 19.5 cm³/mol. The lowest BCUT2D eigenvalue weighted by Crippen LogP contribution is -1.91. The van der Waals surface area contributed by atoms with Gasteiger partial charge in [0.2, 0.25) is 0 Å². The Labute approximate surface area is 36.0 Å². The van der Waals surface area contributed by atoms with Gasteiger partial charge < -0.3 is 9.47 Å². The Morgan fingerprint density at radius 1 is 1.17 bits per heavy atom. The Kier molecular flexibility index (Phi) is 0.383. The minimum atomic E-state index is 0.491. The molecule has 0 saturated carbocycles. The molecule has 0 spiro atoms. The molecule has 0 radical (unpaired) electrons. The van der Waals surface area contributed by atoms with Gasteiger partial charge in [0, 0.05) is 0 Å². The summed E-state index contributed by atoms with van der Waals surface area (Å²) in [5.74, 6) is 0. The highest BCUT2D eigenvalue weighted by molar-refractivity contribution is 4.88. The van der Waals surface area contributed by atoms with Gasteiger partial charge in [-0.05, 0) is 0 Å². The van der Waals surface area contributed by atoms with Crippen LogP contribution in [0.1, 0.15) is 0 Å². The molecule has 0 aliphatic carbocycles. The summed E-state index contributed by atoms with van der Waals surface area (Å²) in [4.78, 5) is 0. The van der Waals surface area contributed by atoms with E-state index in [0.717, 1.165) is 13.2 Å². The zero-order valence-corrected chi connectivity index (χ0v) is 3.39. The van der Waals surface area contributed by atoms with Gasteiger partial charge in [-0.1, -0.05) is 0 Å². The van der Waals surface area contributed by atoms with Crippen LogP contribution in [-0.2, 0) is 9.47 Å². The number of hydrogen-bond donors (Lipinski definition) is 0. The molecule has 0 amide bonds. The van der Waals surface area contributed by atoms with Crippen LogP contribution in [0.3, 0.4) is 0 Å². The Hall–Kier alpha value is -0.0800. The van der Waals surface area contributed by atoms with E-state index in [-0.39, 0.29) is 0 Å². The molecule has 2 atom stereocenters. The third-order valence-corrected chi connectivity index (χ3v) is 1.25. The summed E-state index contributed by atoms with van der Waals surface area (Å²) in [6, 6.07) is 0. The van der Waals surface area contributed by atoms with E-state index in [4.69, 9.17) is 9.47 Å². The van der Waals surface area contributed by atoms with Gasteiger partial charge in [0.1, 0.15) is 12.2 Å². The molecule has 34 valence electrons. The van der Waals surface area contributed by atoms with E-state index in [9.17, 15) is 0 Å². The van der Waals surface area contributed by atoms with Gasteiger partial charge in [-0.25, -0.2) is 0 Å². The fraction of sp³-hybridized carbons (Fsp3) is 1.00. The summed E-state index contributed by atoms with van der Waals surface area (Å²) in [6.07, 6.45) is 0.981. The van der Waals surface area contributed by atoms with Gasteiger partial charge in [0.05, 0.1) is 13.2 Å². The molecule has 0 aromatic heterocycles. The minimum absolute atomic E-state index is 0.491. The maximum absolute atomic E-state index is 5.03. The summed E-state index contributed by atoms with van der Waals surface area (Å²) in [7, 11) is 0. The SMILES string of the molecule is C1OC[C@@H]2O[C@@H]12. The number of rotatable bonds is 0. The van der Waals surface area contributed by atoms with Gasteiger partial charge >= 0.3 is 0 Å². The normalized spacial score (nSPS) is 52.0. The molecule has 0 unspecified atom stereocenters. The topological polar surface area (TPSA) is 21.8 Å². The highest BCUT2D eigenvalue weighted by Gasteiger charge is 2.43. The molecular weight excluding hydrogens is 80.0 g/mol. The molecule has 2 fully saturated rings. The first-order chi connectivity index (χ1) is 2.97. The van der Waals surface area contributed by atoms with Crippen LogP contribution in [-0.4, -0.2) is 25.4 Å². The van der Waals surface area contributed by atoms with Crippen molar-refractivity contribution in [2.24, 2.45) is 0 Å². The Bertz CT molecular complexity index is 63.9. The van der Waals surface area contributed by atoms with E-state index in [0.29, 0.717) is 12.2 Å². The van der Waals surface area contributed by atoms with E-state index in [1.54, 1.807) is 0 Å². The molecule has 2 saturated heterocycles. The number of epoxide rings is 1. The lowest BCUT2D eigenvalue weighted by atomic mass is 10.4. The van der Waals surface area contributed by atoms with Crippen molar-refractivity contribution >= 4 is 0 Å². The monoisotopic (exact) mass is 86.0 g/mol. The van der Waals surface area contributed by atoms with Gasteiger partial charge in [-0.3, -0.25) is 0 Å². The summed E-state index contributed by atoms with van der Waals surface area (Å²) in [5.41, 5.74) is 0. The fourth-order valence-corrected chi connectivity index (χ4v) is 0.773. The van der Waals surface area contributed by atoms with E-state index in [2.05, 4.69) is 0 Å². The standard InChI is InChI=1S/C4H6O2/c1-3-4(6-3)2-5-1/h3-4H,1-2H2/t3-,4-/m0/s1. The van der Waals surface area contributed by atoms with Crippen LogP contribution in [0.25, 0.3) is 0 Å². The Morgan fingerprint density at radius 2 is 1.83 bits per heavy atom. The maximum atomic E-state index is 5.03. The highest BCUT2D eigenvalue weighted by atomic mass is 16.7. The highest BCUT2D eigenvalue weighted by Crippen LogP contribution is 2.27. The van der Waals surface area contributed by atoms with Crippen LogP contribution in [0.2, 0.25) is 0 Å². The van der Waals surface area contributed by atoms with E-state index in [1.807, 2.05) is 0 Å². The third-order valence-electron chi connectivity index (χ3n) is 1.25. The van der Waals surface area contributed by atoms with Crippen molar-refractivity contribution in [3.8, 4) is 0 Å². The van der Waals surface area contributed by atoms with Crippen molar-refractivity contribution in [2.45, 2.75) is 12.2 Å². The van der Waals surface area contributed by atoms with Crippen LogP contribution in [0.15, 0.2) is 0 Å². The molecule has 0 aromatic carbocycles. The average Bonchev–Trinajstić information content (AvgIpc) is 2.17. The van der Waals surface area contributed by atoms with E-state index in [1.165, 1.54) is 0 Å². The zero-order chi connectivity index (χ0) is 3.98. The van der Waals surface area contributed by atoms with E-state index < -0.39 is 0 Å². The summed E-state index contributed by atoms with van der Waals surface area (Å²) >= 11 is 0. The lowest BCUT2D eigenvalue weighted by Gasteiger charge is -1.87. The predicted octanol–water partition coefficient (Wildman–Crippen LogP) is -0.216. The van der Waals surface area contributed by atoms with Crippen LogP contribution < -0.4 is 0 Å². The van der Waals surface area contributed by atoms with Crippen molar-refractivity contribution in [3.63, 3.8) is 0 Å². The third kappa shape index (κ3) is 0.235. The number of ether oxygens (including phenoxy) is 2. The second-order valence-electron chi connectivity index (χ2n) is 1.75. The Balaban J connectivity index is 2.09. The number of fused-ring (bicyclic) bond motifs is 1. The summed E-state index contributed by atoms with van der Waals surface area (Å²) < 4.78 is 10.0. The van der Waals surface area contributed by atoms with Crippen molar-refractivity contribution < 1.29 is 9.47 Å². The summed E-state index contributed by atoms with van der Waals surface area (Å²) in [5, 5.41) is 0. The zero-order valence-electron chi connectivity index (χ0n) is 3.39. The molecule has 0 bridgehead atoms. The van der Waals surface area contributed by atoms with Crippen LogP contribution in [0.5, 0.6) is 0 Å². The van der Waals surface area contributed by atoms with Crippen molar-refractivity contribution in [3.05, 3.63) is 0 Å². The van der Waals surface area contributed by atoms with Gasteiger partial charge in [0.25, 0.3) is 0 Å². The smallest absolute Gasteiger partial charge is 0.110 e. The van der Waals surface area contributed by atoms with Crippen molar-refractivity contribution in [2.75, 3.05) is 13.2 Å². The Morgan fingerprint density at radius 3 is 2.00 bits per heavy atom. The number of hydrogen-bond acceptors (Lipinski definition) is 2. The molecule has 2 heteroatoms. The summed E-state index contributed by atoms with van der Waals surface area (Å²) in [6.45, 7) is 1.68. The van der Waals surface area contributed by atoms with Crippen molar-refractivity contribution in [1.29, 1.82) is 0 Å². The van der Waals surface area contributed by atoms with Crippen LogP contribution in [0, 0.1) is 0 Å². The first kappa shape index (κ1) is 2.99. The molecule has 0 N–H and O–H groups in total. The molecule has 0 aromatic rings. The molecular formula is C4H6O2. The maximum Gasteiger partial charge on any atom is 0.110 e. The molecule has 2 nitrogen and oxygen atoms in total. The molecule has 2 rings (SSSR count). The first-order valence-corrected chi connectivity index (χ1v) is 2.20. The molecule has 6 heavy (non-hydrogen) atoms. The molecule has 2 aliphatic rings. The van der Waals surface area contributed by atoms with Crippen LogP contribution in [0.4, 0.5) is 0 Å². The fourth-order valence-electron chi connectivity index (χ4n) is 0.773. The van der Waals surface area contributed by atoms with Gasteiger partial charge in [-0.15, -0.1) is 0 Å². The van der Waals surface area contributed by atoms with Crippen molar-refractivity contribution in [1.82, 2.24) is 0 Å². The van der Waals surface area contributed by atoms with Crippen LogP contribution >= 0.6 is 0 Å². The minimum Gasteiger partial charge on any atom is -0.376 e.